The van der Waals surface area contributed by atoms with Crippen LogP contribution in [-0.4, -0.2) is 74.8 Å². The Kier molecular flexibility index (Phi) is 36.8. The van der Waals surface area contributed by atoms with Gasteiger partial charge >= 0.3 is 48.9 Å². The molecule has 2 rings (SSSR count). The van der Waals surface area contributed by atoms with E-state index in [9.17, 15) is 25.9 Å². The van der Waals surface area contributed by atoms with Gasteiger partial charge in [-0.25, -0.2) is 16.8 Å². The molecular formula is C46H78BaO6S2. The average molecular weight is 929 g/mol. The maximum absolute atomic E-state index is 11.3. The topological polar surface area (TPSA) is 114 Å². The van der Waals surface area contributed by atoms with E-state index >= 15 is 0 Å². The van der Waals surface area contributed by atoms with Crippen LogP contribution in [0.1, 0.15) is 218 Å². The minimum atomic E-state index is -4.35. The van der Waals surface area contributed by atoms with Crippen molar-refractivity contribution in [3.05, 3.63) is 59.7 Å². The molecule has 0 unspecified atom stereocenters. The molecule has 2 aromatic carbocycles. The number of aryl methyl sites for hydroxylation is 2. The van der Waals surface area contributed by atoms with E-state index < -0.39 is 20.2 Å². The molecule has 0 saturated carbocycles. The van der Waals surface area contributed by atoms with E-state index in [1.807, 2.05) is 0 Å². The molecule has 6 nitrogen and oxygen atoms in total. The van der Waals surface area contributed by atoms with Gasteiger partial charge in [-0.05, 0) is 48.9 Å². The van der Waals surface area contributed by atoms with Crippen molar-refractivity contribution in [3.63, 3.8) is 0 Å². The first-order chi connectivity index (χ1) is 26.1. The second-order valence-electron chi connectivity index (χ2n) is 15.5. The summed E-state index contributed by atoms with van der Waals surface area (Å²) in [6, 6.07) is 13.2. The molecule has 2 aromatic rings. The Morgan fingerprint density at radius 2 is 0.545 bits per heavy atom. The van der Waals surface area contributed by atoms with Crippen LogP contribution in [0.3, 0.4) is 0 Å². The summed E-state index contributed by atoms with van der Waals surface area (Å²) >= 11 is 0. The molecule has 312 valence electrons. The fourth-order valence-electron chi connectivity index (χ4n) is 7.28. The van der Waals surface area contributed by atoms with Gasteiger partial charge in [-0.2, -0.15) is 0 Å². The van der Waals surface area contributed by atoms with Crippen molar-refractivity contribution in [3.8, 4) is 0 Å². The van der Waals surface area contributed by atoms with Crippen LogP contribution < -0.4 is 0 Å². The second-order valence-corrected chi connectivity index (χ2v) is 18.2. The first-order valence-corrected chi connectivity index (χ1v) is 25.0. The van der Waals surface area contributed by atoms with Gasteiger partial charge in [0, 0.05) is 0 Å². The molecule has 0 radical (unpaired) electrons. The predicted molar refractivity (Wildman–Crippen MR) is 232 cm³/mol. The third kappa shape index (κ3) is 31.4. The predicted octanol–water partition coefficient (Wildman–Crippen LogP) is 13.6. The molecule has 0 aliphatic heterocycles. The fourth-order valence-corrected chi connectivity index (χ4v) is 8.75. The molecule has 0 bridgehead atoms. The zero-order chi connectivity index (χ0) is 39.6. The first-order valence-electron chi connectivity index (χ1n) is 22.2. The van der Waals surface area contributed by atoms with Gasteiger partial charge in [0.25, 0.3) is 0 Å². The Bertz CT molecular complexity index is 1270. The Hall–Kier alpha value is -0.169. The molecule has 0 aliphatic rings. The average Bonchev–Trinajstić information content (AvgIpc) is 3.14. The van der Waals surface area contributed by atoms with Gasteiger partial charge in [-0.3, -0.25) is 0 Å². The van der Waals surface area contributed by atoms with Crippen LogP contribution >= 0.6 is 0 Å². The molecule has 0 N–H and O–H groups in total. The minimum absolute atomic E-state index is 0. The van der Waals surface area contributed by atoms with Gasteiger partial charge in [0.15, 0.2) is 0 Å². The van der Waals surface area contributed by atoms with E-state index in [1.54, 1.807) is 36.4 Å². The summed E-state index contributed by atoms with van der Waals surface area (Å²) in [5.41, 5.74) is 1.34. The fraction of sp³-hybridized carbons (Fsp3) is 0.739. The van der Waals surface area contributed by atoms with Crippen molar-refractivity contribution in [2.45, 2.75) is 229 Å². The zero-order valence-electron chi connectivity index (χ0n) is 35.2. The van der Waals surface area contributed by atoms with Crippen LogP contribution in [0.5, 0.6) is 0 Å². The van der Waals surface area contributed by atoms with Crippen molar-refractivity contribution >= 4 is 69.1 Å². The summed E-state index contributed by atoms with van der Waals surface area (Å²) < 4.78 is 67.6. The monoisotopic (exact) mass is 928 g/mol. The number of hydrogen-bond donors (Lipinski definition) is 0. The summed E-state index contributed by atoms with van der Waals surface area (Å²) in [5, 5.41) is 0. The van der Waals surface area contributed by atoms with Crippen molar-refractivity contribution in [2.75, 3.05) is 0 Å². The molecule has 9 heteroatoms. The Labute approximate surface area is 380 Å². The third-order valence-electron chi connectivity index (χ3n) is 10.6. The van der Waals surface area contributed by atoms with Crippen molar-refractivity contribution in [1.82, 2.24) is 0 Å². The van der Waals surface area contributed by atoms with E-state index in [4.69, 9.17) is 0 Å². The van der Waals surface area contributed by atoms with Crippen LogP contribution in [0.15, 0.2) is 58.3 Å². The van der Waals surface area contributed by atoms with Crippen LogP contribution in [-0.2, 0) is 33.1 Å². The smallest absolute Gasteiger partial charge is 0.744 e. The van der Waals surface area contributed by atoms with Gasteiger partial charge in [0.2, 0.25) is 0 Å². The minimum Gasteiger partial charge on any atom is -0.744 e. The molecule has 0 heterocycles. The quantitative estimate of drug-likeness (QED) is 0.0392. The van der Waals surface area contributed by atoms with Crippen LogP contribution in [0.25, 0.3) is 0 Å². The summed E-state index contributed by atoms with van der Waals surface area (Å²) in [7, 11) is -8.71. The molecule has 55 heavy (non-hydrogen) atoms. The number of benzene rings is 2. The van der Waals surface area contributed by atoms with E-state index in [0.29, 0.717) is 24.0 Å². The van der Waals surface area contributed by atoms with Crippen LogP contribution in [0.2, 0.25) is 0 Å². The Morgan fingerprint density at radius 3 is 0.764 bits per heavy atom. The maximum atomic E-state index is 11.3. The van der Waals surface area contributed by atoms with Gasteiger partial charge in [-0.1, -0.05) is 230 Å². The van der Waals surface area contributed by atoms with Gasteiger partial charge in [0.1, 0.15) is 20.2 Å². The van der Waals surface area contributed by atoms with E-state index in [-0.39, 0.29) is 58.7 Å². The molecule has 0 aliphatic carbocycles. The van der Waals surface area contributed by atoms with Gasteiger partial charge in [-0.15, -0.1) is 0 Å². The van der Waals surface area contributed by atoms with E-state index in [0.717, 1.165) is 25.7 Å². The summed E-state index contributed by atoms with van der Waals surface area (Å²) in [6.45, 7) is 4.53. The van der Waals surface area contributed by atoms with Crippen LogP contribution in [0.4, 0.5) is 0 Å². The molecular weight excluding hydrogens is 850 g/mol. The second kappa shape index (κ2) is 36.9. The number of unbranched alkanes of at least 4 members (excludes halogenated alkanes) is 28. The standard InChI is InChI=1S/2C23H40O3S.Ba/c2*1-2-3-4-5-6-7-8-9-10-11-12-13-14-15-16-19-22-20-17-18-21-23(22)27(24,25)26;/h2*17-18,20-21H,2-16,19H2,1H3,(H,24,25,26);/q;;+2/p-2. The molecule has 0 atom stereocenters. The molecule has 0 amide bonds. The van der Waals surface area contributed by atoms with Crippen molar-refractivity contribution < 1.29 is 25.9 Å². The molecule has 0 saturated heterocycles. The normalized spacial score (nSPS) is 11.6. The summed E-state index contributed by atoms with van der Waals surface area (Å²) in [5.74, 6) is 0. The molecule has 0 fully saturated rings. The number of hydrogen-bond acceptors (Lipinski definition) is 6. The summed E-state index contributed by atoms with van der Waals surface area (Å²) in [6.07, 6.45) is 40.7. The Morgan fingerprint density at radius 1 is 0.345 bits per heavy atom. The van der Waals surface area contributed by atoms with Gasteiger partial charge in [0.05, 0.1) is 9.79 Å². The Balaban J connectivity index is 0.00000104. The zero-order valence-corrected chi connectivity index (χ0v) is 41.3. The SMILES string of the molecule is CCCCCCCCCCCCCCCCCc1ccccc1S(=O)(=O)[O-].CCCCCCCCCCCCCCCCCc1ccccc1S(=O)(=O)[O-].[Ba+2]. The van der Waals surface area contributed by atoms with Crippen molar-refractivity contribution in [1.29, 1.82) is 0 Å². The first kappa shape index (κ1) is 54.8. The summed E-state index contributed by atoms with van der Waals surface area (Å²) in [4.78, 5) is -0.0919. The number of rotatable bonds is 34. The molecule has 0 aromatic heterocycles. The van der Waals surface area contributed by atoms with Crippen molar-refractivity contribution in [2.24, 2.45) is 0 Å². The maximum Gasteiger partial charge on any atom is 2.00 e. The molecule has 0 spiro atoms. The van der Waals surface area contributed by atoms with E-state index in [1.165, 1.54) is 179 Å². The van der Waals surface area contributed by atoms with Gasteiger partial charge < -0.3 is 9.11 Å². The largest absolute Gasteiger partial charge is 2.00 e. The van der Waals surface area contributed by atoms with E-state index in [2.05, 4.69) is 13.8 Å². The van der Waals surface area contributed by atoms with Crippen LogP contribution in [0, 0.1) is 0 Å². The third-order valence-corrected chi connectivity index (χ3v) is 12.5.